The summed E-state index contributed by atoms with van der Waals surface area (Å²) < 4.78 is 27.4. The van der Waals surface area contributed by atoms with Crippen molar-refractivity contribution >= 4 is 23.5 Å². The second kappa shape index (κ2) is 10.5. The predicted molar refractivity (Wildman–Crippen MR) is 138 cm³/mol. The number of nitrogens with zero attached hydrogens (tertiary/aromatic N) is 2. The molecule has 3 aliphatic rings. The van der Waals surface area contributed by atoms with Crippen LogP contribution in [0.1, 0.15) is 50.5 Å². The topological polar surface area (TPSA) is 35.6 Å². The molecule has 3 atom stereocenters. The molecule has 2 amide bonds. The lowest BCUT2D eigenvalue weighted by molar-refractivity contribution is 0.156. The van der Waals surface area contributed by atoms with Crippen molar-refractivity contribution in [2.75, 3.05) is 37.8 Å². The number of benzene rings is 2. The Morgan fingerprint density at radius 3 is 2.66 bits per heavy atom. The molecular weight excluding hydrogens is 464 g/mol. The van der Waals surface area contributed by atoms with Crippen molar-refractivity contribution < 1.29 is 13.6 Å². The third-order valence-electron chi connectivity index (χ3n) is 8.24. The van der Waals surface area contributed by atoms with Gasteiger partial charge in [0.1, 0.15) is 11.6 Å². The molecule has 188 valence electrons. The number of halogens is 2. The normalized spacial score (nSPS) is 25.8. The molecule has 0 radical (unpaired) electrons. The van der Waals surface area contributed by atoms with Gasteiger partial charge in [0.05, 0.1) is 0 Å². The fourth-order valence-corrected chi connectivity index (χ4v) is 6.78. The molecule has 5 rings (SSSR count). The Labute approximate surface area is 211 Å². The number of anilines is 1. The van der Waals surface area contributed by atoms with E-state index in [-0.39, 0.29) is 23.2 Å². The largest absolute Gasteiger partial charge is 0.322 e. The Morgan fingerprint density at radius 2 is 1.94 bits per heavy atom. The minimum absolute atomic E-state index is 0.149. The van der Waals surface area contributed by atoms with E-state index >= 15 is 0 Å². The molecule has 2 aromatic carbocycles. The van der Waals surface area contributed by atoms with Gasteiger partial charge in [-0.1, -0.05) is 12.1 Å². The second-order valence-electron chi connectivity index (χ2n) is 10.4. The predicted octanol–water partition coefficient (Wildman–Crippen LogP) is 6.52. The van der Waals surface area contributed by atoms with Gasteiger partial charge in [-0.05, 0) is 112 Å². The van der Waals surface area contributed by atoms with E-state index in [1.807, 2.05) is 4.90 Å². The first kappa shape index (κ1) is 24.6. The first-order valence-corrected chi connectivity index (χ1v) is 14.1. The molecule has 2 aliphatic carbocycles. The number of hydrogen-bond acceptors (Lipinski definition) is 3. The number of likely N-dealkylation sites (tertiary alicyclic amines) is 1. The van der Waals surface area contributed by atoms with Gasteiger partial charge in [0.2, 0.25) is 0 Å². The number of carbonyl (C=O) groups is 1. The van der Waals surface area contributed by atoms with Crippen LogP contribution < -0.4 is 5.32 Å². The van der Waals surface area contributed by atoms with Crippen LogP contribution in [0.4, 0.5) is 19.3 Å². The van der Waals surface area contributed by atoms with Crippen LogP contribution >= 0.6 is 11.8 Å². The fourth-order valence-electron chi connectivity index (χ4n) is 6.32. The van der Waals surface area contributed by atoms with Crippen LogP contribution in [0.3, 0.4) is 0 Å². The van der Waals surface area contributed by atoms with Gasteiger partial charge in [-0.15, -0.1) is 11.8 Å². The highest BCUT2D eigenvalue weighted by atomic mass is 32.2. The number of thioether (sulfide) groups is 1. The maximum Gasteiger partial charge on any atom is 0.322 e. The summed E-state index contributed by atoms with van der Waals surface area (Å²) in [6, 6.07) is 12.0. The molecule has 35 heavy (non-hydrogen) atoms. The molecule has 4 nitrogen and oxygen atoms in total. The summed E-state index contributed by atoms with van der Waals surface area (Å²) in [7, 11) is 0. The van der Waals surface area contributed by atoms with E-state index in [0.29, 0.717) is 12.5 Å². The van der Waals surface area contributed by atoms with E-state index in [1.165, 1.54) is 41.9 Å². The van der Waals surface area contributed by atoms with Crippen LogP contribution in [0, 0.1) is 17.6 Å². The zero-order valence-corrected chi connectivity index (χ0v) is 21.3. The fraction of sp³-hybridized carbons (Fsp3) is 0.536. The van der Waals surface area contributed by atoms with Crippen molar-refractivity contribution in [2.45, 2.75) is 61.3 Å². The molecule has 1 saturated heterocycles. The number of fused-ring (bicyclic) bond motifs is 1. The van der Waals surface area contributed by atoms with Crippen LogP contribution in [-0.2, 0) is 5.41 Å². The standard InChI is InChI=1S/C28H35F2N3OS/c1-35-26-7-4-6-20(15-26)28-9-8-25(14-21(28)19-28)33(13-5-12-32-10-2-3-11-32)27(34)31-24-17-22(29)16-23(30)18-24/h4,6-7,15-18,21,25H,2-3,5,8-14,19H2,1H3,(H,31,34)/t21?,25-,28-/m1/s1. The molecule has 2 saturated carbocycles. The number of rotatable bonds is 8. The first-order chi connectivity index (χ1) is 17.0. The average Bonchev–Trinajstić information content (AvgIpc) is 3.35. The van der Waals surface area contributed by atoms with Gasteiger partial charge in [-0.2, -0.15) is 0 Å². The van der Waals surface area contributed by atoms with E-state index in [0.717, 1.165) is 51.4 Å². The quantitative estimate of drug-likeness (QED) is 0.420. The van der Waals surface area contributed by atoms with E-state index in [9.17, 15) is 13.6 Å². The number of amides is 2. The highest BCUT2D eigenvalue weighted by Gasteiger charge is 2.58. The molecule has 3 fully saturated rings. The van der Waals surface area contributed by atoms with E-state index in [2.05, 4.69) is 40.7 Å². The van der Waals surface area contributed by atoms with Crippen LogP contribution in [0.25, 0.3) is 0 Å². The van der Waals surface area contributed by atoms with E-state index < -0.39 is 11.6 Å². The molecule has 0 bridgehead atoms. The number of hydrogen-bond donors (Lipinski definition) is 1. The van der Waals surface area contributed by atoms with Gasteiger partial charge in [0, 0.05) is 29.2 Å². The zero-order valence-electron chi connectivity index (χ0n) is 20.4. The van der Waals surface area contributed by atoms with Gasteiger partial charge in [-0.3, -0.25) is 0 Å². The highest BCUT2D eigenvalue weighted by Crippen LogP contribution is 2.63. The van der Waals surface area contributed by atoms with Gasteiger partial charge in [0.25, 0.3) is 0 Å². The molecular formula is C28H35F2N3OS. The Bertz CT molecular complexity index is 1040. The minimum Gasteiger partial charge on any atom is -0.321 e. The molecule has 1 heterocycles. The molecule has 7 heteroatoms. The summed E-state index contributed by atoms with van der Waals surface area (Å²) in [6.45, 7) is 3.92. The van der Waals surface area contributed by atoms with Crippen LogP contribution in [0.2, 0.25) is 0 Å². The Morgan fingerprint density at radius 1 is 1.17 bits per heavy atom. The summed E-state index contributed by atoms with van der Waals surface area (Å²) in [5, 5.41) is 2.77. The van der Waals surface area contributed by atoms with Crippen molar-refractivity contribution in [3.05, 3.63) is 59.7 Å². The maximum absolute atomic E-state index is 13.7. The van der Waals surface area contributed by atoms with E-state index in [4.69, 9.17) is 0 Å². The number of carbonyl (C=O) groups excluding carboxylic acids is 1. The Balaban J connectivity index is 1.27. The molecule has 2 aromatic rings. The minimum atomic E-state index is -0.686. The number of urea groups is 1. The van der Waals surface area contributed by atoms with Crippen molar-refractivity contribution in [2.24, 2.45) is 5.92 Å². The molecule has 0 aromatic heterocycles. The third kappa shape index (κ3) is 5.51. The van der Waals surface area contributed by atoms with Crippen molar-refractivity contribution in [1.82, 2.24) is 9.80 Å². The van der Waals surface area contributed by atoms with Gasteiger partial charge in [0.15, 0.2) is 0 Å². The Kier molecular flexibility index (Phi) is 7.35. The van der Waals surface area contributed by atoms with E-state index in [1.54, 1.807) is 11.8 Å². The summed E-state index contributed by atoms with van der Waals surface area (Å²) in [5.41, 5.74) is 1.86. The molecule has 1 unspecified atom stereocenters. The van der Waals surface area contributed by atoms with Gasteiger partial charge < -0.3 is 15.1 Å². The molecule has 0 spiro atoms. The lowest BCUT2D eigenvalue weighted by Crippen LogP contribution is -2.46. The smallest absolute Gasteiger partial charge is 0.321 e. The van der Waals surface area contributed by atoms with Gasteiger partial charge >= 0.3 is 6.03 Å². The summed E-state index contributed by atoms with van der Waals surface area (Å²) in [5.74, 6) is -0.790. The summed E-state index contributed by atoms with van der Waals surface area (Å²) in [4.78, 5) is 19.1. The number of nitrogens with one attached hydrogen (secondary N) is 1. The maximum atomic E-state index is 13.7. The van der Waals surface area contributed by atoms with Crippen molar-refractivity contribution in [1.29, 1.82) is 0 Å². The summed E-state index contributed by atoms with van der Waals surface area (Å²) in [6.07, 6.45) is 9.71. The second-order valence-corrected chi connectivity index (χ2v) is 11.3. The van der Waals surface area contributed by atoms with Crippen LogP contribution in [-0.4, -0.2) is 54.3 Å². The van der Waals surface area contributed by atoms with Crippen molar-refractivity contribution in [3.8, 4) is 0 Å². The van der Waals surface area contributed by atoms with Crippen molar-refractivity contribution in [3.63, 3.8) is 0 Å². The monoisotopic (exact) mass is 499 g/mol. The Hall–Kier alpha value is -2.12. The van der Waals surface area contributed by atoms with Gasteiger partial charge in [-0.25, -0.2) is 13.6 Å². The average molecular weight is 500 g/mol. The van der Waals surface area contributed by atoms with Crippen LogP contribution in [0.5, 0.6) is 0 Å². The van der Waals surface area contributed by atoms with Crippen LogP contribution in [0.15, 0.2) is 47.4 Å². The summed E-state index contributed by atoms with van der Waals surface area (Å²) >= 11 is 1.78. The lowest BCUT2D eigenvalue weighted by Gasteiger charge is -2.37. The molecule has 1 aliphatic heterocycles. The SMILES string of the molecule is CSc1cccc([C@]23CC[C@@H](N(CCCN4CCCC4)C(=O)Nc4cc(F)cc(F)c4)CC2C3)c1. The zero-order chi connectivity index (χ0) is 24.4. The first-order valence-electron chi connectivity index (χ1n) is 12.9. The highest BCUT2D eigenvalue weighted by molar-refractivity contribution is 7.98. The third-order valence-corrected chi connectivity index (χ3v) is 8.97. The lowest BCUT2D eigenvalue weighted by atomic mass is 9.80. The molecule has 1 N–H and O–H groups in total.